The molecule has 2 aromatic rings. The second-order valence-corrected chi connectivity index (χ2v) is 7.32. The number of alkyl halides is 3. The number of carbonyl (C=O) groups excluding carboxylic acids is 2. The summed E-state index contributed by atoms with van der Waals surface area (Å²) in [6.07, 6.45) is -3.77. The average Bonchev–Trinajstić information content (AvgIpc) is 3.11. The van der Waals surface area contributed by atoms with Crippen molar-refractivity contribution in [2.45, 2.75) is 25.6 Å². The van der Waals surface area contributed by atoms with E-state index in [2.05, 4.69) is 15.2 Å². The van der Waals surface area contributed by atoms with E-state index < -0.39 is 36.6 Å². The quantitative estimate of drug-likeness (QED) is 0.690. The number of nitrogens with zero attached hydrogens (tertiary/aromatic N) is 3. The summed E-state index contributed by atoms with van der Waals surface area (Å²) >= 11 is 0. The number of hydrogen-bond acceptors (Lipinski definition) is 5. The van der Waals surface area contributed by atoms with Crippen LogP contribution < -0.4 is 11.1 Å². The van der Waals surface area contributed by atoms with E-state index >= 15 is 0 Å². The van der Waals surface area contributed by atoms with Crippen molar-refractivity contribution in [1.82, 2.24) is 14.7 Å². The van der Waals surface area contributed by atoms with Gasteiger partial charge in [0.05, 0.1) is 6.04 Å². The number of halogens is 4. The third kappa shape index (κ3) is 5.64. The predicted octanol–water partition coefficient (Wildman–Crippen LogP) is 3.45. The fraction of sp³-hybridized carbons (Fsp3) is 0.421. The summed E-state index contributed by atoms with van der Waals surface area (Å²) in [6, 6.07) is 4.96. The molecular formula is C19H21F4N5O3. The van der Waals surface area contributed by atoms with Gasteiger partial charge in [-0.3, -0.25) is 9.48 Å². The first-order valence-corrected chi connectivity index (χ1v) is 9.43. The fourth-order valence-electron chi connectivity index (χ4n) is 3.30. The van der Waals surface area contributed by atoms with Gasteiger partial charge in [0.1, 0.15) is 11.4 Å². The highest BCUT2D eigenvalue weighted by Crippen LogP contribution is 2.30. The van der Waals surface area contributed by atoms with Crippen molar-refractivity contribution in [3.63, 3.8) is 0 Å². The number of anilines is 2. The highest BCUT2D eigenvalue weighted by molar-refractivity contribution is 5.98. The lowest BCUT2D eigenvalue weighted by atomic mass is 9.94. The van der Waals surface area contributed by atoms with Crippen LogP contribution in [0, 0.1) is 11.7 Å². The van der Waals surface area contributed by atoms with Crippen LogP contribution in [0.3, 0.4) is 0 Å². The van der Waals surface area contributed by atoms with Crippen molar-refractivity contribution in [2.24, 2.45) is 11.7 Å². The van der Waals surface area contributed by atoms with Gasteiger partial charge in [0.15, 0.2) is 12.4 Å². The standard InChI is InChI=1S/C19H21F4N5O3/c1-11-6-7-27(18(30)31-10-19(21,22)23)9-15(11)28-8-14(16(24)29)17(26-28)25-13-4-2-12(20)3-5-13/h2-5,8,11,15H,6-7,9-10H2,1H3,(H2,24,29)(H,25,26)/t11-,15-/m1/s1. The molecule has 1 aliphatic heterocycles. The molecule has 0 radical (unpaired) electrons. The van der Waals surface area contributed by atoms with E-state index in [1.54, 1.807) is 0 Å². The SMILES string of the molecule is C[C@@H]1CCN(C(=O)OCC(F)(F)F)C[C@H]1n1cc(C(N)=O)c(Nc2ccc(F)cc2)n1. The molecular weight excluding hydrogens is 422 g/mol. The smallest absolute Gasteiger partial charge is 0.422 e. The molecule has 0 unspecified atom stereocenters. The Balaban J connectivity index is 1.79. The molecule has 0 spiro atoms. The summed E-state index contributed by atoms with van der Waals surface area (Å²) in [4.78, 5) is 25.1. The molecule has 1 aliphatic rings. The molecule has 8 nitrogen and oxygen atoms in total. The summed E-state index contributed by atoms with van der Waals surface area (Å²) in [5, 5.41) is 7.25. The van der Waals surface area contributed by atoms with Gasteiger partial charge in [0.25, 0.3) is 5.91 Å². The van der Waals surface area contributed by atoms with Crippen LogP contribution in [-0.2, 0) is 4.74 Å². The molecule has 2 amide bonds. The van der Waals surface area contributed by atoms with E-state index in [4.69, 9.17) is 5.73 Å². The monoisotopic (exact) mass is 443 g/mol. The second kappa shape index (κ2) is 8.82. The number of amides is 2. The molecule has 2 heterocycles. The highest BCUT2D eigenvalue weighted by Gasteiger charge is 2.35. The van der Waals surface area contributed by atoms with Crippen molar-refractivity contribution < 1.29 is 31.9 Å². The Bertz CT molecular complexity index is 945. The minimum absolute atomic E-state index is 0.00552. The lowest BCUT2D eigenvalue weighted by molar-refractivity contribution is -0.162. The van der Waals surface area contributed by atoms with E-state index in [0.717, 1.165) is 0 Å². The van der Waals surface area contributed by atoms with Gasteiger partial charge in [-0.05, 0) is 36.6 Å². The maximum Gasteiger partial charge on any atom is 0.422 e. The van der Waals surface area contributed by atoms with Crippen LogP contribution in [-0.4, -0.2) is 52.6 Å². The molecule has 2 atom stereocenters. The third-order valence-electron chi connectivity index (χ3n) is 4.98. The lowest BCUT2D eigenvalue weighted by Crippen LogP contribution is -2.45. The second-order valence-electron chi connectivity index (χ2n) is 7.32. The van der Waals surface area contributed by atoms with Crippen LogP contribution in [0.5, 0.6) is 0 Å². The summed E-state index contributed by atoms with van der Waals surface area (Å²) in [5.74, 6) is -1.03. The Hall–Kier alpha value is -3.31. The molecule has 12 heteroatoms. The minimum atomic E-state index is -4.61. The summed E-state index contributed by atoms with van der Waals surface area (Å²) in [7, 11) is 0. The molecule has 31 heavy (non-hydrogen) atoms. The molecule has 168 valence electrons. The molecule has 3 rings (SSSR count). The molecule has 0 saturated carbocycles. The van der Waals surface area contributed by atoms with Gasteiger partial charge in [-0.25, -0.2) is 9.18 Å². The van der Waals surface area contributed by atoms with Gasteiger partial charge in [-0.2, -0.15) is 18.3 Å². The minimum Gasteiger partial charge on any atom is -0.440 e. The van der Waals surface area contributed by atoms with Gasteiger partial charge in [0, 0.05) is 25.0 Å². The van der Waals surface area contributed by atoms with Crippen molar-refractivity contribution in [2.75, 3.05) is 25.0 Å². The van der Waals surface area contributed by atoms with Crippen molar-refractivity contribution in [1.29, 1.82) is 0 Å². The molecule has 1 fully saturated rings. The molecule has 3 N–H and O–H groups in total. The van der Waals surface area contributed by atoms with Crippen LogP contribution in [0.1, 0.15) is 29.7 Å². The topological polar surface area (TPSA) is 102 Å². The van der Waals surface area contributed by atoms with Crippen molar-refractivity contribution in [3.05, 3.63) is 41.8 Å². The van der Waals surface area contributed by atoms with Gasteiger partial charge >= 0.3 is 12.3 Å². The normalized spacial score (nSPS) is 19.2. The van der Waals surface area contributed by atoms with E-state index in [9.17, 15) is 27.2 Å². The number of benzene rings is 1. The van der Waals surface area contributed by atoms with E-state index in [1.165, 1.54) is 40.0 Å². The van der Waals surface area contributed by atoms with Crippen LogP contribution in [0.25, 0.3) is 0 Å². The first-order valence-electron chi connectivity index (χ1n) is 9.43. The summed E-state index contributed by atoms with van der Waals surface area (Å²) in [5.41, 5.74) is 5.99. The number of aromatic nitrogens is 2. The Kier molecular flexibility index (Phi) is 6.37. The van der Waals surface area contributed by atoms with Gasteiger partial charge in [-0.1, -0.05) is 6.92 Å². The summed E-state index contributed by atoms with van der Waals surface area (Å²) in [6.45, 7) is 0.524. The van der Waals surface area contributed by atoms with E-state index in [-0.39, 0.29) is 30.4 Å². The van der Waals surface area contributed by atoms with Gasteiger partial charge < -0.3 is 20.7 Å². The number of hydrogen-bond donors (Lipinski definition) is 2. The zero-order chi connectivity index (χ0) is 22.8. The maximum absolute atomic E-state index is 13.1. The summed E-state index contributed by atoms with van der Waals surface area (Å²) < 4.78 is 55.9. The molecule has 0 aliphatic carbocycles. The Morgan fingerprint density at radius 1 is 1.29 bits per heavy atom. The van der Waals surface area contributed by atoms with Crippen LogP contribution in [0.4, 0.5) is 33.9 Å². The Labute approximate surface area is 174 Å². The van der Waals surface area contributed by atoms with Crippen LogP contribution in [0.2, 0.25) is 0 Å². The van der Waals surface area contributed by atoms with E-state index in [0.29, 0.717) is 12.1 Å². The van der Waals surface area contributed by atoms with Crippen molar-refractivity contribution in [3.8, 4) is 0 Å². The van der Waals surface area contributed by atoms with E-state index in [1.807, 2.05) is 6.92 Å². The highest BCUT2D eigenvalue weighted by atomic mass is 19.4. The maximum atomic E-state index is 13.1. The fourth-order valence-corrected chi connectivity index (χ4v) is 3.30. The number of rotatable bonds is 5. The Morgan fingerprint density at radius 3 is 2.58 bits per heavy atom. The number of nitrogens with two attached hydrogens (primary N) is 1. The number of piperidine rings is 1. The van der Waals surface area contributed by atoms with Gasteiger partial charge in [-0.15, -0.1) is 0 Å². The largest absolute Gasteiger partial charge is 0.440 e. The molecule has 1 saturated heterocycles. The molecule has 1 aromatic heterocycles. The van der Waals surface area contributed by atoms with Crippen LogP contribution in [0.15, 0.2) is 30.5 Å². The number of nitrogens with one attached hydrogen (secondary N) is 1. The first-order chi connectivity index (χ1) is 14.5. The van der Waals surface area contributed by atoms with Crippen molar-refractivity contribution >= 4 is 23.5 Å². The third-order valence-corrected chi connectivity index (χ3v) is 4.98. The number of likely N-dealkylation sites (tertiary alicyclic amines) is 1. The number of ether oxygens (including phenoxy) is 1. The molecule has 1 aromatic carbocycles. The van der Waals surface area contributed by atoms with Crippen LogP contribution >= 0.6 is 0 Å². The zero-order valence-corrected chi connectivity index (χ0v) is 16.5. The number of carbonyl (C=O) groups is 2. The zero-order valence-electron chi connectivity index (χ0n) is 16.5. The predicted molar refractivity (Wildman–Crippen MR) is 102 cm³/mol. The first kappa shape index (κ1) is 22.4. The van der Waals surface area contributed by atoms with Gasteiger partial charge in [0.2, 0.25) is 0 Å². The Morgan fingerprint density at radius 2 is 1.97 bits per heavy atom. The average molecular weight is 443 g/mol. The lowest BCUT2D eigenvalue weighted by Gasteiger charge is -2.36. The molecule has 0 bridgehead atoms. The number of primary amides is 1.